The van der Waals surface area contributed by atoms with Gasteiger partial charge in [0.15, 0.2) is 0 Å². The van der Waals surface area contributed by atoms with Crippen molar-refractivity contribution in [1.29, 1.82) is 0 Å². The molecule has 0 bridgehead atoms. The Kier molecular flexibility index (Phi) is 6.15. The zero-order valence-corrected chi connectivity index (χ0v) is 21.4. The molecule has 3 aromatic heterocycles. The van der Waals surface area contributed by atoms with Crippen LogP contribution >= 0.6 is 0 Å². The van der Waals surface area contributed by atoms with E-state index in [1.54, 1.807) is 50.2 Å². The molecule has 11 nitrogen and oxygen atoms in total. The highest BCUT2D eigenvalue weighted by molar-refractivity contribution is 6.03. The zero-order valence-electron chi connectivity index (χ0n) is 21.4. The smallest absolute Gasteiger partial charge is 0.336 e. The van der Waals surface area contributed by atoms with E-state index in [1.807, 2.05) is 30.3 Å². The quantitative estimate of drug-likeness (QED) is 0.287. The van der Waals surface area contributed by atoms with Gasteiger partial charge in [0.2, 0.25) is 23.4 Å². The average molecular weight is 536 g/mol. The Morgan fingerprint density at radius 2 is 1.52 bits per heavy atom. The second-order valence-corrected chi connectivity index (χ2v) is 9.07. The minimum Gasteiger partial charge on any atom is -0.478 e. The van der Waals surface area contributed by atoms with Crippen molar-refractivity contribution in [2.75, 3.05) is 0 Å². The number of carbonyl (C=O) groups is 1. The third kappa shape index (κ3) is 4.83. The van der Waals surface area contributed by atoms with Crippen molar-refractivity contribution in [3.8, 4) is 34.3 Å². The van der Waals surface area contributed by atoms with Gasteiger partial charge in [0.25, 0.3) is 5.56 Å². The van der Waals surface area contributed by atoms with Crippen LogP contribution in [0.25, 0.3) is 33.7 Å². The van der Waals surface area contributed by atoms with Crippen LogP contribution in [0.3, 0.4) is 0 Å². The second kappa shape index (κ2) is 9.95. The van der Waals surface area contributed by atoms with E-state index in [-0.39, 0.29) is 12.1 Å². The average Bonchev–Trinajstić information content (AvgIpc) is 3.58. The van der Waals surface area contributed by atoms with E-state index in [0.29, 0.717) is 51.4 Å². The van der Waals surface area contributed by atoms with E-state index >= 15 is 0 Å². The molecule has 11 heteroatoms. The standard InChI is InChI=1S/C29H21N5O6/c1-16-30-27(32-39-16)19-8-6-18(7-9-19)15-34-25-11-10-22(13-23(25)24(29(36)37)14-26(34)35)38-21-5-3-4-20(12-21)28-31-17(2)40-33-28/h3-14H,15H2,1-2H3,(H,36,37). The van der Waals surface area contributed by atoms with Crippen LogP contribution in [0, 0.1) is 13.8 Å². The molecule has 0 atom stereocenters. The highest BCUT2D eigenvalue weighted by Crippen LogP contribution is 2.30. The molecular formula is C29H21N5O6. The summed E-state index contributed by atoms with van der Waals surface area (Å²) in [5, 5.41) is 18.1. The van der Waals surface area contributed by atoms with Crippen LogP contribution < -0.4 is 10.3 Å². The maximum atomic E-state index is 13.0. The predicted octanol–water partition coefficient (Wildman–Crippen LogP) is 5.26. The summed E-state index contributed by atoms with van der Waals surface area (Å²) in [4.78, 5) is 33.5. The summed E-state index contributed by atoms with van der Waals surface area (Å²) in [5.74, 6) is 1.51. The molecule has 6 rings (SSSR count). The number of rotatable bonds is 7. The van der Waals surface area contributed by atoms with E-state index < -0.39 is 11.5 Å². The van der Waals surface area contributed by atoms with Crippen LogP contribution in [0.5, 0.6) is 11.5 Å². The number of fused-ring (bicyclic) bond motifs is 1. The molecule has 0 amide bonds. The maximum absolute atomic E-state index is 13.0. The summed E-state index contributed by atoms with van der Waals surface area (Å²) in [5.41, 5.74) is 2.24. The van der Waals surface area contributed by atoms with Crippen molar-refractivity contribution in [3.63, 3.8) is 0 Å². The van der Waals surface area contributed by atoms with Crippen LogP contribution in [-0.2, 0) is 6.54 Å². The molecule has 0 spiro atoms. The normalized spacial score (nSPS) is 11.2. The number of nitrogens with zero attached hydrogens (tertiary/aromatic N) is 5. The Balaban J connectivity index is 1.34. The van der Waals surface area contributed by atoms with Crippen LogP contribution in [0.1, 0.15) is 27.7 Å². The first-order chi connectivity index (χ1) is 19.3. The first kappa shape index (κ1) is 24.7. The van der Waals surface area contributed by atoms with Crippen molar-refractivity contribution in [1.82, 2.24) is 24.8 Å². The molecule has 0 aliphatic rings. The minimum atomic E-state index is -1.21. The fourth-order valence-corrected chi connectivity index (χ4v) is 4.38. The van der Waals surface area contributed by atoms with Crippen LogP contribution in [0.15, 0.2) is 86.6 Å². The molecule has 1 N–H and O–H groups in total. The summed E-state index contributed by atoms with van der Waals surface area (Å²) < 4.78 is 17.7. The lowest BCUT2D eigenvalue weighted by atomic mass is 10.1. The number of aryl methyl sites for hydroxylation is 2. The van der Waals surface area contributed by atoms with E-state index in [0.717, 1.165) is 17.2 Å². The molecule has 0 radical (unpaired) electrons. The molecule has 3 heterocycles. The molecule has 0 saturated heterocycles. The summed E-state index contributed by atoms with van der Waals surface area (Å²) in [6.07, 6.45) is 0. The number of ether oxygens (including phenoxy) is 1. The van der Waals surface area contributed by atoms with Crippen molar-refractivity contribution in [2.45, 2.75) is 20.4 Å². The number of aromatic carboxylic acids is 1. The van der Waals surface area contributed by atoms with E-state index in [9.17, 15) is 14.7 Å². The van der Waals surface area contributed by atoms with Crippen molar-refractivity contribution < 1.29 is 23.7 Å². The Labute approximate surface area is 226 Å². The Morgan fingerprint density at radius 1 is 0.850 bits per heavy atom. The third-order valence-corrected chi connectivity index (χ3v) is 6.25. The molecule has 40 heavy (non-hydrogen) atoms. The molecular weight excluding hydrogens is 514 g/mol. The van der Waals surface area contributed by atoms with Crippen LogP contribution in [-0.4, -0.2) is 35.9 Å². The maximum Gasteiger partial charge on any atom is 0.336 e. The lowest BCUT2D eigenvalue weighted by Gasteiger charge is -2.14. The van der Waals surface area contributed by atoms with Gasteiger partial charge in [-0.3, -0.25) is 4.79 Å². The Hall–Kier alpha value is -5.58. The second-order valence-electron chi connectivity index (χ2n) is 9.07. The molecule has 0 saturated carbocycles. The van der Waals surface area contributed by atoms with Crippen molar-refractivity contribution in [3.05, 3.63) is 106 Å². The van der Waals surface area contributed by atoms with Gasteiger partial charge in [0.05, 0.1) is 17.6 Å². The zero-order chi connectivity index (χ0) is 27.8. The fourth-order valence-electron chi connectivity index (χ4n) is 4.38. The lowest BCUT2D eigenvalue weighted by molar-refractivity contribution is 0.0698. The number of hydrogen-bond acceptors (Lipinski definition) is 9. The van der Waals surface area contributed by atoms with E-state index in [1.165, 1.54) is 4.57 Å². The van der Waals surface area contributed by atoms with Gasteiger partial charge < -0.3 is 23.5 Å². The van der Waals surface area contributed by atoms with Crippen LogP contribution in [0.2, 0.25) is 0 Å². The first-order valence-corrected chi connectivity index (χ1v) is 12.2. The van der Waals surface area contributed by atoms with Gasteiger partial charge in [0, 0.05) is 36.4 Å². The molecule has 198 valence electrons. The SMILES string of the molecule is Cc1nc(-c2ccc(Cn3c(=O)cc(C(=O)O)c4cc(Oc5cccc(-c6noc(C)n6)c5)ccc43)cc2)no1. The van der Waals surface area contributed by atoms with Gasteiger partial charge in [-0.15, -0.1) is 0 Å². The van der Waals surface area contributed by atoms with Crippen LogP contribution in [0.4, 0.5) is 0 Å². The lowest BCUT2D eigenvalue weighted by Crippen LogP contribution is -2.22. The predicted molar refractivity (Wildman–Crippen MR) is 143 cm³/mol. The number of benzene rings is 3. The summed E-state index contributed by atoms with van der Waals surface area (Å²) in [6.45, 7) is 3.65. The number of carboxylic acid groups (broad SMARTS) is 1. The van der Waals surface area contributed by atoms with E-state index in [2.05, 4.69) is 20.3 Å². The summed E-state index contributed by atoms with van der Waals surface area (Å²) in [6, 6.07) is 20.7. The Bertz CT molecular complexity index is 1940. The van der Waals surface area contributed by atoms with Crippen molar-refractivity contribution in [2.24, 2.45) is 0 Å². The largest absolute Gasteiger partial charge is 0.478 e. The minimum absolute atomic E-state index is 0.111. The fraction of sp³-hybridized carbons (Fsp3) is 0.103. The topological polar surface area (TPSA) is 146 Å². The van der Waals surface area contributed by atoms with Gasteiger partial charge in [-0.25, -0.2) is 4.79 Å². The van der Waals surface area contributed by atoms with Gasteiger partial charge in [-0.05, 0) is 35.9 Å². The first-order valence-electron chi connectivity index (χ1n) is 12.2. The number of carboxylic acids is 1. The summed E-state index contributed by atoms with van der Waals surface area (Å²) >= 11 is 0. The van der Waals surface area contributed by atoms with Gasteiger partial charge >= 0.3 is 5.97 Å². The Morgan fingerprint density at radius 3 is 2.17 bits per heavy atom. The van der Waals surface area contributed by atoms with Gasteiger partial charge in [0.1, 0.15) is 11.5 Å². The number of aromatic nitrogens is 5. The van der Waals surface area contributed by atoms with Gasteiger partial charge in [-0.1, -0.05) is 46.7 Å². The van der Waals surface area contributed by atoms with Gasteiger partial charge in [-0.2, -0.15) is 9.97 Å². The number of hydrogen-bond donors (Lipinski definition) is 1. The van der Waals surface area contributed by atoms with E-state index in [4.69, 9.17) is 13.8 Å². The third-order valence-electron chi connectivity index (χ3n) is 6.25. The molecule has 6 aromatic rings. The highest BCUT2D eigenvalue weighted by Gasteiger charge is 2.16. The molecule has 0 aliphatic heterocycles. The van der Waals surface area contributed by atoms with Crippen molar-refractivity contribution >= 4 is 16.9 Å². The molecule has 0 fully saturated rings. The molecule has 0 unspecified atom stereocenters. The molecule has 0 aliphatic carbocycles. The molecule has 3 aromatic carbocycles. The highest BCUT2D eigenvalue weighted by atomic mass is 16.5. The summed E-state index contributed by atoms with van der Waals surface area (Å²) in [7, 11) is 0. The number of pyridine rings is 1. The monoisotopic (exact) mass is 535 g/mol.